The summed E-state index contributed by atoms with van der Waals surface area (Å²) in [6.07, 6.45) is 4.93. The van der Waals surface area contributed by atoms with E-state index in [-0.39, 0.29) is 34.6 Å². The Balaban J connectivity index is 2.87. The Morgan fingerprint density at radius 3 is 2.00 bits per heavy atom. The van der Waals surface area contributed by atoms with E-state index in [0.717, 1.165) is 18.8 Å². The van der Waals surface area contributed by atoms with Crippen molar-refractivity contribution in [2.75, 3.05) is 0 Å². The molecule has 3 N–H and O–H groups in total. The van der Waals surface area contributed by atoms with Crippen LogP contribution in [0.3, 0.4) is 0 Å². The number of nitrogens with one attached hydrogen (secondary N) is 1. The van der Waals surface area contributed by atoms with Gasteiger partial charge in [-0.05, 0) is 51.4 Å². The lowest BCUT2D eigenvalue weighted by atomic mass is 9.75. The van der Waals surface area contributed by atoms with Crippen LogP contribution in [0.2, 0.25) is 0 Å². The summed E-state index contributed by atoms with van der Waals surface area (Å²) in [6.45, 7) is 12.2. The minimum absolute atomic E-state index is 0.0207. The standard InChI is InChI=1S/C18H34N2O2/c1-17(2,3)11-14(16(22)20-18(4,5)6)13(15(19)21)10-9-12-7-8-12/h12-14H,7-11H2,1-6H3,(H2,19,21)(H,20,22). The molecule has 0 saturated heterocycles. The second kappa shape index (κ2) is 7.01. The maximum atomic E-state index is 12.7. The Labute approximate surface area is 135 Å². The largest absolute Gasteiger partial charge is 0.369 e. The normalized spacial score (nSPS) is 18.6. The number of nitrogens with two attached hydrogens (primary N) is 1. The highest BCUT2D eigenvalue weighted by atomic mass is 16.2. The zero-order valence-corrected chi connectivity index (χ0v) is 15.2. The first kappa shape index (κ1) is 19.0. The molecule has 0 aromatic rings. The molecule has 1 aliphatic rings. The monoisotopic (exact) mass is 310 g/mol. The minimum Gasteiger partial charge on any atom is -0.369 e. The van der Waals surface area contributed by atoms with Gasteiger partial charge in [-0.25, -0.2) is 0 Å². The van der Waals surface area contributed by atoms with Gasteiger partial charge in [0.1, 0.15) is 0 Å². The van der Waals surface area contributed by atoms with Gasteiger partial charge in [0.2, 0.25) is 11.8 Å². The average Bonchev–Trinajstić information content (AvgIpc) is 3.07. The van der Waals surface area contributed by atoms with Crippen LogP contribution in [0.4, 0.5) is 0 Å². The SMILES string of the molecule is CC(C)(C)CC(C(=O)NC(C)(C)C)C(CCC1CC1)C(N)=O. The summed E-state index contributed by atoms with van der Waals surface area (Å²) < 4.78 is 0. The van der Waals surface area contributed by atoms with Crippen LogP contribution in [0.5, 0.6) is 0 Å². The maximum Gasteiger partial charge on any atom is 0.224 e. The van der Waals surface area contributed by atoms with Crippen molar-refractivity contribution in [3.05, 3.63) is 0 Å². The number of carbonyl (C=O) groups excluding carboxylic acids is 2. The smallest absolute Gasteiger partial charge is 0.224 e. The van der Waals surface area contributed by atoms with Crippen molar-refractivity contribution in [2.24, 2.45) is 28.9 Å². The molecule has 2 amide bonds. The Kier molecular flexibility index (Phi) is 6.05. The third kappa shape index (κ3) is 7.28. The van der Waals surface area contributed by atoms with E-state index in [1.165, 1.54) is 12.8 Å². The Morgan fingerprint density at radius 2 is 1.64 bits per heavy atom. The summed E-state index contributed by atoms with van der Waals surface area (Å²) in [7, 11) is 0. The van der Waals surface area contributed by atoms with Crippen molar-refractivity contribution >= 4 is 11.8 Å². The maximum absolute atomic E-state index is 12.7. The first-order valence-corrected chi connectivity index (χ1v) is 8.50. The van der Waals surface area contributed by atoms with E-state index in [2.05, 4.69) is 26.1 Å². The zero-order valence-electron chi connectivity index (χ0n) is 15.2. The summed E-state index contributed by atoms with van der Waals surface area (Å²) in [5, 5.41) is 3.03. The first-order valence-electron chi connectivity index (χ1n) is 8.50. The second-order valence-corrected chi connectivity index (χ2v) is 9.14. The van der Waals surface area contributed by atoms with E-state index in [1.54, 1.807) is 0 Å². The summed E-state index contributed by atoms with van der Waals surface area (Å²) in [5.41, 5.74) is 5.33. The summed E-state index contributed by atoms with van der Waals surface area (Å²) in [5.74, 6) is -0.332. The quantitative estimate of drug-likeness (QED) is 0.757. The van der Waals surface area contributed by atoms with E-state index in [4.69, 9.17) is 5.73 Å². The first-order chi connectivity index (χ1) is 9.89. The molecule has 4 heteroatoms. The second-order valence-electron chi connectivity index (χ2n) is 9.14. The molecule has 4 nitrogen and oxygen atoms in total. The van der Waals surface area contributed by atoms with Gasteiger partial charge in [0, 0.05) is 17.4 Å². The molecule has 0 aliphatic heterocycles. The number of rotatable bonds is 7. The van der Waals surface area contributed by atoms with Crippen molar-refractivity contribution in [2.45, 2.75) is 79.2 Å². The Bertz CT molecular complexity index is 400. The van der Waals surface area contributed by atoms with Gasteiger partial charge in [0.05, 0.1) is 0 Å². The van der Waals surface area contributed by atoms with Crippen molar-refractivity contribution < 1.29 is 9.59 Å². The van der Waals surface area contributed by atoms with Gasteiger partial charge in [-0.2, -0.15) is 0 Å². The van der Waals surface area contributed by atoms with E-state index in [0.29, 0.717) is 6.42 Å². The Hall–Kier alpha value is -1.06. The Morgan fingerprint density at radius 1 is 1.09 bits per heavy atom. The molecule has 0 spiro atoms. The van der Waals surface area contributed by atoms with Gasteiger partial charge in [-0.3, -0.25) is 9.59 Å². The van der Waals surface area contributed by atoms with E-state index >= 15 is 0 Å². The molecule has 0 bridgehead atoms. The van der Waals surface area contributed by atoms with Crippen LogP contribution < -0.4 is 11.1 Å². The topological polar surface area (TPSA) is 72.2 Å². The van der Waals surface area contributed by atoms with Crippen LogP contribution >= 0.6 is 0 Å². The van der Waals surface area contributed by atoms with Crippen molar-refractivity contribution in [3.63, 3.8) is 0 Å². The van der Waals surface area contributed by atoms with Gasteiger partial charge in [0.15, 0.2) is 0 Å². The third-order valence-electron chi connectivity index (χ3n) is 4.10. The third-order valence-corrected chi connectivity index (χ3v) is 4.10. The number of carbonyl (C=O) groups is 2. The molecule has 1 fully saturated rings. The average molecular weight is 310 g/mol. The van der Waals surface area contributed by atoms with Crippen LogP contribution in [-0.2, 0) is 9.59 Å². The molecule has 1 rings (SSSR count). The molecule has 0 radical (unpaired) electrons. The highest BCUT2D eigenvalue weighted by Crippen LogP contribution is 2.38. The van der Waals surface area contributed by atoms with Gasteiger partial charge in [-0.1, -0.05) is 33.6 Å². The fourth-order valence-corrected chi connectivity index (χ4v) is 2.90. The predicted molar refractivity (Wildman–Crippen MR) is 90.1 cm³/mol. The van der Waals surface area contributed by atoms with Crippen LogP contribution in [-0.4, -0.2) is 17.4 Å². The minimum atomic E-state index is -0.359. The highest BCUT2D eigenvalue weighted by Gasteiger charge is 2.37. The molecule has 2 atom stereocenters. The molecule has 1 saturated carbocycles. The van der Waals surface area contributed by atoms with Gasteiger partial charge in [0.25, 0.3) is 0 Å². The number of primary amides is 1. The molecule has 128 valence electrons. The van der Waals surface area contributed by atoms with Gasteiger partial charge >= 0.3 is 0 Å². The van der Waals surface area contributed by atoms with Crippen molar-refractivity contribution in [3.8, 4) is 0 Å². The molecule has 0 aromatic carbocycles. The van der Waals surface area contributed by atoms with Crippen LogP contribution in [0, 0.1) is 23.2 Å². The van der Waals surface area contributed by atoms with Crippen LogP contribution in [0.1, 0.15) is 73.6 Å². The molecule has 0 heterocycles. The van der Waals surface area contributed by atoms with Gasteiger partial charge < -0.3 is 11.1 Å². The predicted octanol–water partition coefficient (Wildman–Crippen LogP) is 3.25. The van der Waals surface area contributed by atoms with Crippen LogP contribution in [0.25, 0.3) is 0 Å². The molecule has 2 unspecified atom stereocenters. The summed E-state index contributed by atoms with van der Waals surface area (Å²) in [4.78, 5) is 24.7. The lowest BCUT2D eigenvalue weighted by Gasteiger charge is -2.32. The van der Waals surface area contributed by atoms with Crippen LogP contribution in [0.15, 0.2) is 0 Å². The van der Waals surface area contributed by atoms with E-state index in [1.807, 2.05) is 20.8 Å². The molecular weight excluding hydrogens is 276 g/mol. The lowest BCUT2D eigenvalue weighted by molar-refractivity contribution is -0.135. The fourth-order valence-electron chi connectivity index (χ4n) is 2.90. The summed E-state index contributed by atoms with van der Waals surface area (Å²) in [6, 6.07) is 0. The molecule has 0 aromatic heterocycles. The van der Waals surface area contributed by atoms with Crippen molar-refractivity contribution in [1.82, 2.24) is 5.32 Å². The lowest BCUT2D eigenvalue weighted by Crippen LogP contribution is -2.48. The number of amides is 2. The molecule has 22 heavy (non-hydrogen) atoms. The highest BCUT2D eigenvalue weighted by molar-refractivity contribution is 5.87. The number of hydrogen-bond donors (Lipinski definition) is 2. The van der Waals surface area contributed by atoms with Gasteiger partial charge in [-0.15, -0.1) is 0 Å². The number of hydrogen-bond acceptors (Lipinski definition) is 2. The summed E-state index contributed by atoms with van der Waals surface area (Å²) >= 11 is 0. The van der Waals surface area contributed by atoms with Crippen molar-refractivity contribution in [1.29, 1.82) is 0 Å². The molecule has 1 aliphatic carbocycles. The molecular formula is C18H34N2O2. The van der Waals surface area contributed by atoms with E-state index < -0.39 is 0 Å². The van der Waals surface area contributed by atoms with E-state index in [9.17, 15) is 9.59 Å². The fraction of sp³-hybridized carbons (Fsp3) is 0.889. The zero-order chi connectivity index (χ0) is 17.1.